The molecule has 19 heteroatoms. The lowest BCUT2D eigenvalue weighted by atomic mass is 9.97. The first-order valence-electron chi connectivity index (χ1n) is 32.7. The summed E-state index contributed by atoms with van der Waals surface area (Å²) in [7, 11) is 8.16. The van der Waals surface area contributed by atoms with E-state index in [1.165, 1.54) is 0 Å². The van der Waals surface area contributed by atoms with Crippen molar-refractivity contribution in [2.24, 2.45) is 0 Å². The van der Waals surface area contributed by atoms with E-state index in [-0.39, 0.29) is 29.9 Å². The van der Waals surface area contributed by atoms with Crippen molar-refractivity contribution in [1.82, 2.24) is 0 Å². The van der Waals surface area contributed by atoms with E-state index in [0.717, 1.165) is 94.2 Å². The normalized spacial score (nSPS) is 10.7. The van der Waals surface area contributed by atoms with Gasteiger partial charge in [-0.25, -0.2) is 14.4 Å². The lowest BCUT2D eigenvalue weighted by molar-refractivity contribution is 0.00685. The molecular weight excluding hydrogens is 1410 g/mol. The molecule has 0 fully saturated rings. The minimum atomic E-state index is -0.944. The SMILES string of the molecule is CCOC(=O)c1ccc(-c2ccc(Cl)cc2)c(COC)c1.COCc1cc(C(=O)O)ccc1-c1ccc(Cl)cc1.COCc1cc(C(=O)OC(C)(C)C)ccc1-c1ccc(Cl)cc1.COCc1cc(C(C)=O)ccc1-c1ccc(Cl)cc1.COCc1cc(OCCCO)ccc1-c1ccc(Cl)cc1. The number of benzene rings is 10. The fraction of sp³-hybridized carbons (Fsp3) is 0.238. The van der Waals surface area contributed by atoms with Crippen molar-refractivity contribution in [3.8, 4) is 61.4 Å². The van der Waals surface area contributed by atoms with Gasteiger partial charge in [-0.2, -0.15) is 0 Å². The molecule has 0 heterocycles. The Morgan fingerprint density at radius 3 is 0.951 bits per heavy atom. The predicted octanol–water partition coefficient (Wildman–Crippen LogP) is 21.6. The van der Waals surface area contributed by atoms with Gasteiger partial charge in [0.05, 0.1) is 62.9 Å². The van der Waals surface area contributed by atoms with Gasteiger partial charge in [0, 0.05) is 79.3 Å². The van der Waals surface area contributed by atoms with Crippen LogP contribution in [0.15, 0.2) is 212 Å². The number of aliphatic hydroxyl groups is 1. The summed E-state index contributed by atoms with van der Waals surface area (Å²) in [5.41, 5.74) is 16.6. The molecule has 0 radical (unpaired) electrons. The van der Waals surface area contributed by atoms with Gasteiger partial charge >= 0.3 is 17.9 Å². The van der Waals surface area contributed by atoms with Gasteiger partial charge < -0.3 is 48.1 Å². The van der Waals surface area contributed by atoms with E-state index in [4.69, 9.17) is 106 Å². The number of rotatable bonds is 24. The fourth-order valence-electron chi connectivity index (χ4n) is 10.4. The number of carbonyl (C=O) groups is 4. The molecule has 0 aliphatic carbocycles. The van der Waals surface area contributed by atoms with Crippen LogP contribution in [0.3, 0.4) is 0 Å². The molecule has 0 saturated heterocycles. The maximum atomic E-state index is 12.2. The molecule has 10 aromatic carbocycles. The zero-order chi connectivity index (χ0) is 75.0. The van der Waals surface area contributed by atoms with Gasteiger partial charge in [0.25, 0.3) is 0 Å². The zero-order valence-corrected chi connectivity index (χ0v) is 63.0. The standard InChI is InChI=1S/C19H21ClO3.C17H19ClO3.C17H17ClO3.C16H15ClO2.C15H13ClO3/c1-19(2,3)23-18(21)14-7-10-17(15(11-14)12-22-4)13-5-8-16(20)9-6-13;1-20-12-14-11-16(21-10-2-9-19)7-8-17(14)13-3-5-15(18)6-4-13;1-3-21-17(19)13-6-9-16(14(10-13)11-20-2)12-4-7-15(18)8-5-12;1-11(18)13-5-8-16(14(9-13)10-19-2)12-3-6-15(17)7-4-12;1-19-9-12-8-11(15(17)18)4-7-14(12)10-2-5-13(16)6-3-10/h5-11H,12H2,1-4H3;3-8,11,19H,2,9-10,12H2,1H3;4-10H,3,11H2,1-2H3;3-9H,10H2,1-2H3;2-8H,9H2,1H3,(H,17,18). The van der Waals surface area contributed by atoms with Gasteiger partial charge in [-0.05, 0) is 233 Å². The molecule has 0 unspecified atom stereocenters. The minimum Gasteiger partial charge on any atom is -0.493 e. The molecule has 0 atom stereocenters. The Balaban J connectivity index is 0.000000203. The van der Waals surface area contributed by atoms with Crippen LogP contribution in [0.25, 0.3) is 55.6 Å². The van der Waals surface area contributed by atoms with Gasteiger partial charge in [-0.1, -0.05) is 155 Å². The molecule has 0 aromatic heterocycles. The lowest BCUT2D eigenvalue weighted by Gasteiger charge is -2.20. The Hall–Kier alpha value is -8.71. The second-order valence-electron chi connectivity index (χ2n) is 24.0. The number of carboxylic acid groups (broad SMARTS) is 1. The highest BCUT2D eigenvalue weighted by Crippen LogP contribution is 2.33. The second kappa shape index (κ2) is 42.8. The van der Waals surface area contributed by atoms with Crippen LogP contribution in [-0.2, 0) is 66.2 Å². The average Bonchev–Trinajstić information content (AvgIpc) is 0.927. The van der Waals surface area contributed by atoms with Gasteiger partial charge in [-0.15, -0.1) is 0 Å². The molecule has 0 aliphatic heterocycles. The van der Waals surface area contributed by atoms with Crippen molar-refractivity contribution in [3.05, 3.63) is 288 Å². The maximum absolute atomic E-state index is 12.2. The first-order chi connectivity index (χ1) is 49.4. The highest BCUT2D eigenvalue weighted by Gasteiger charge is 2.20. The van der Waals surface area contributed by atoms with Gasteiger partial charge in [0.1, 0.15) is 11.4 Å². The number of hydrogen-bond donors (Lipinski definition) is 2. The molecule has 540 valence electrons. The van der Waals surface area contributed by atoms with Crippen molar-refractivity contribution in [1.29, 1.82) is 0 Å². The predicted molar refractivity (Wildman–Crippen MR) is 413 cm³/mol. The Morgan fingerprint density at radius 1 is 0.379 bits per heavy atom. The van der Waals surface area contributed by atoms with Crippen LogP contribution in [-0.4, -0.2) is 94.9 Å². The Labute approximate surface area is 628 Å². The number of methoxy groups -OCH3 is 5. The third-order valence-corrected chi connectivity index (χ3v) is 16.4. The van der Waals surface area contributed by atoms with Crippen LogP contribution in [0.1, 0.15) is 110 Å². The van der Waals surface area contributed by atoms with Gasteiger partial charge in [0.15, 0.2) is 5.78 Å². The van der Waals surface area contributed by atoms with E-state index in [0.29, 0.717) is 89.4 Å². The molecule has 0 saturated carbocycles. The number of ether oxygens (including phenoxy) is 8. The van der Waals surface area contributed by atoms with Crippen molar-refractivity contribution in [3.63, 3.8) is 0 Å². The number of ketones is 1. The third-order valence-electron chi connectivity index (χ3n) is 15.1. The number of aromatic carboxylic acids is 1. The average molecular weight is 1500 g/mol. The Bertz CT molecular complexity index is 4240. The van der Waals surface area contributed by atoms with Crippen LogP contribution in [0.5, 0.6) is 5.75 Å². The summed E-state index contributed by atoms with van der Waals surface area (Å²) in [4.78, 5) is 46.5. The van der Waals surface area contributed by atoms with Crippen LogP contribution in [0, 0.1) is 0 Å². The lowest BCUT2D eigenvalue weighted by Crippen LogP contribution is -2.24. The van der Waals surface area contributed by atoms with Crippen molar-refractivity contribution in [2.45, 2.75) is 79.7 Å². The molecular formula is C84H85Cl5O14. The van der Waals surface area contributed by atoms with E-state index in [1.54, 1.807) is 91.9 Å². The van der Waals surface area contributed by atoms with Crippen LogP contribution in [0.4, 0.5) is 0 Å². The summed E-state index contributed by atoms with van der Waals surface area (Å²) in [6, 6.07) is 65.5. The number of carboxylic acids is 1. The molecule has 2 N–H and O–H groups in total. The highest BCUT2D eigenvalue weighted by atomic mass is 35.5. The molecule has 0 aliphatic rings. The van der Waals surface area contributed by atoms with E-state index in [1.807, 2.05) is 191 Å². The molecule has 14 nitrogen and oxygen atoms in total. The number of halogens is 5. The summed E-state index contributed by atoms with van der Waals surface area (Å²) in [5, 5.41) is 21.3. The first-order valence-corrected chi connectivity index (χ1v) is 34.6. The topological polar surface area (TPSA) is 183 Å². The van der Waals surface area contributed by atoms with Crippen LogP contribution < -0.4 is 4.74 Å². The Morgan fingerprint density at radius 2 is 0.660 bits per heavy atom. The van der Waals surface area contributed by atoms with Gasteiger partial charge in [-0.3, -0.25) is 4.79 Å². The van der Waals surface area contributed by atoms with Gasteiger partial charge in [0.2, 0.25) is 0 Å². The summed E-state index contributed by atoms with van der Waals surface area (Å²) in [6.45, 7) is 12.1. The summed E-state index contributed by atoms with van der Waals surface area (Å²) < 4.78 is 42.2. The monoisotopic (exact) mass is 1490 g/mol. The van der Waals surface area contributed by atoms with Crippen molar-refractivity contribution in [2.75, 3.05) is 55.4 Å². The highest BCUT2D eigenvalue weighted by molar-refractivity contribution is 6.32. The number of aliphatic hydroxyl groups excluding tert-OH is 1. The van der Waals surface area contributed by atoms with Crippen LogP contribution >= 0.6 is 58.0 Å². The quantitative estimate of drug-likeness (QED) is 0.0331. The minimum absolute atomic E-state index is 0.0556. The molecule has 103 heavy (non-hydrogen) atoms. The number of carbonyl (C=O) groups excluding carboxylic acids is 3. The van der Waals surface area contributed by atoms with E-state index >= 15 is 0 Å². The van der Waals surface area contributed by atoms with Crippen molar-refractivity contribution >= 4 is 81.7 Å². The van der Waals surface area contributed by atoms with E-state index < -0.39 is 11.6 Å². The summed E-state index contributed by atoms with van der Waals surface area (Å²) in [5.74, 6) is -0.761. The zero-order valence-electron chi connectivity index (χ0n) is 59.3. The molecule has 0 amide bonds. The largest absolute Gasteiger partial charge is 0.493 e. The molecule has 10 aromatic rings. The number of esters is 2. The molecule has 0 bridgehead atoms. The van der Waals surface area contributed by atoms with E-state index in [9.17, 15) is 19.2 Å². The number of Topliss-reactive ketones (excluding diaryl/α,β-unsaturated/α-hetero) is 1. The summed E-state index contributed by atoms with van der Waals surface area (Å²) in [6.07, 6.45) is 0.624. The number of hydrogen-bond acceptors (Lipinski definition) is 13. The fourth-order valence-corrected chi connectivity index (χ4v) is 11.0. The maximum Gasteiger partial charge on any atom is 0.338 e. The van der Waals surface area contributed by atoms with Crippen molar-refractivity contribution < 1.29 is 67.3 Å². The van der Waals surface area contributed by atoms with E-state index in [2.05, 4.69) is 0 Å². The summed E-state index contributed by atoms with van der Waals surface area (Å²) >= 11 is 29.6. The smallest absolute Gasteiger partial charge is 0.338 e. The van der Waals surface area contributed by atoms with Crippen LogP contribution in [0.2, 0.25) is 25.1 Å². The molecule has 0 spiro atoms. The Kier molecular flexibility index (Phi) is 34.6. The third kappa shape index (κ3) is 26.8. The first kappa shape index (κ1) is 83.2. The second-order valence-corrected chi connectivity index (χ2v) is 26.2. The molecule has 10 rings (SSSR count).